The van der Waals surface area contributed by atoms with Crippen LogP contribution in [0.3, 0.4) is 0 Å². The predicted octanol–water partition coefficient (Wildman–Crippen LogP) is 1.33. The largest absolute Gasteiger partial charge is 0.377 e. The highest BCUT2D eigenvalue weighted by molar-refractivity contribution is 7.13. The minimum Gasteiger partial charge on any atom is -0.368 e. The van der Waals surface area contributed by atoms with E-state index >= 15 is 0 Å². The lowest BCUT2D eigenvalue weighted by Crippen LogP contribution is -2.10. The third-order valence-electron chi connectivity index (χ3n) is 1.68. The number of nitrogens with two attached hydrogens (primary N) is 1. The van der Waals surface area contributed by atoms with Crippen LogP contribution in [-0.2, 0) is 4.84 Å². The lowest BCUT2D eigenvalue weighted by atomic mass is 10.2. The third-order valence-corrected chi connectivity index (χ3v) is 2.50. The van der Waals surface area contributed by atoms with Crippen LogP contribution in [0.25, 0.3) is 10.1 Å². The van der Waals surface area contributed by atoms with Gasteiger partial charge in [-0.3, -0.25) is 0 Å². The van der Waals surface area contributed by atoms with Crippen molar-refractivity contribution in [1.29, 1.82) is 0 Å². The Morgan fingerprint density at radius 3 is 3.00 bits per heavy atom. The Labute approximate surface area is 78.0 Å². The van der Waals surface area contributed by atoms with Crippen molar-refractivity contribution in [2.24, 2.45) is 5.90 Å². The first-order chi connectivity index (χ1) is 6.33. The Morgan fingerprint density at radius 2 is 2.23 bits per heavy atom. The molecule has 0 aliphatic rings. The number of rotatable bonds is 1. The molecule has 0 saturated carbocycles. The summed E-state index contributed by atoms with van der Waals surface area (Å²) in [5, 5.41) is 0.781. The van der Waals surface area contributed by atoms with E-state index in [9.17, 15) is 4.79 Å². The number of aromatic nitrogens is 1. The molecule has 0 aliphatic heterocycles. The van der Waals surface area contributed by atoms with Crippen LogP contribution in [0.1, 0.15) is 10.5 Å². The minimum absolute atomic E-state index is 0.281. The molecule has 4 nitrogen and oxygen atoms in total. The van der Waals surface area contributed by atoms with Gasteiger partial charge in [0.25, 0.3) is 0 Å². The molecule has 0 amide bonds. The fraction of sp³-hybridized carbons (Fsp3) is 0. The Balaban J connectivity index is 2.64. The molecule has 0 fully saturated rings. The normalized spacial score (nSPS) is 10.2. The lowest BCUT2D eigenvalue weighted by Gasteiger charge is -1.92. The molecule has 0 spiro atoms. The molecule has 1 aromatic heterocycles. The van der Waals surface area contributed by atoms with Crippen molar-refractivity contribution in [2.75, 3.05) is 0 Å². The summed E-state index contributed by atoms with van der Waals surface area (Å²) in [6.07, 6.45) is 0. The maximum atomic E-state index is 11.1. The van der Waals surface area contributed by atoms with E-state index in [4.69, 9.17) is 5.90 Å². The smallest absolute Gasteiger partial charge is 0.368 e. The van der Waals surface area contributed by atoms with E-state index in [-0.39, 0.29) is 5.69 Å². The second-order valence-corrected chi connectivity index (χ2v) is 3.24. The van der Waals surface area contributed by atoms with E-state index in [1.807, 2.05) is 24.3 Å². The highest BCUT2D eigenvalue weighted by atomic mass is 32.1. The van der Waals surface area contributed by atoms with E-state index in [1.54, 1.807) is 0 Å². The lowest BCUT2D eigenvalue weighted by molar-refractivity contribution is 0.0500. The van der Waals surface area contributed by atoms with Gasteiger partial charge in [-0.05, 0) is 17.6 Å². The van der Waals surface area contributed by atoms with Gasteiger partial charge in [-0.1, -0.05) is 18.2 Å². The molecule has 1 aromatic carbocycles. The van der Waals surface area contributed by atoms with Crippen LogP contribution in [0.2, 0.25) is 0 Å². The standard InChI is InChI=1S/C8H6N2O2S/c9-12-8(11)7-5-3-1-2-4-6(5)13-10-7/h1-4H,9H2. The molecule has 2 aromatic rings. The quantitative estimate of drug-likeness (QED) is 0.695. The molecule has 5 heteroatoms. The van der Waals surface area contributed by atoms with Crippen LogP contribution in [-0.4, -0.2) is 10.3 Å². The van der Waals surface area contributed by atoms with Gasteiger partial charge in [-0.2, -0.15) is 10.3 Å². The second kappa shape index (κ2) is 3.12. The van der Waals surface area contributed by atoms with Crippen LogP contribution in [0.4, 0.5) is 0 Å². The van der Waals surface area contributed by atoms with Gasteiger partial charge in [0, 0.05) is 5.39 Å². The first-order valence-corrected chi connectivity index (χ1v) is 4.36. The summed E-state index contributed by atoms with van der Waals surface area (Å²) in [5.74, 6) is 4.17. The van der Waals surface area contributed by atoms with Gasteiger partial charge >= 0.3 is 5.97 Å². The van der Waals surface area contributed by atoms with Gasteiger partial charge in [0.05, 0.1) is 4.70 Å². The van der Waals surface area contributed by atoms with Crippen LogP contribution >= 0.6 is 11.5 Å². The zero-order chi connectivity index (χ0) is 9.26. The van der Waals surface area contributed by atoms with E-state index in [2.05, 4.69) is 9.21 Å². The molecule has 66 valence electrons. The summed E-state index contributed by atoms with van der Waals surface area (Å²) in [6, 6.07) is 7.42. The van der Waals surface area contributed by atoms with Gasteiger partial charge in [-0.15, -0.1) is 0 Å². The number of benzene rings is 1. The fourth-order valence-corrected chi connectivity index (χ4v) is 1.85. The minimum atomic E-state index is -0.600. The summed E-state index contributed by atoms with van der Waals surface area (Å²) in [4.78, 5) is 15.2. The monoisotopic (exact) mass is 194 g/mol. The molecule has 0 unspecified atom stereocenters. The Kier molecular flexibility index (Phi) is 1.96. The van der Waals surface area contributed by atoms with E-state index in [0.717, 1.165) is 10.1 Å². The topological polar surface area (TPSA) is 65.2 Å². The number of hydrogen-bond donors (Lipinski definition) is 1. The maximum Gasteiger partial charge on any atom is 0.377 e. The number of nitrogens with zero attached hydrogens (tertiary/aromatic N) is 1. The average molecular weight is 194 g/mol. The number of fused-ring (bicyclic) bond motifs is 1. The van der Waals surface area contributed by atoms with Crippen molar-refractivity contribution in [3.8, 4) is 0 Å². The third kappa shape index (κ3) is 1.28. The van der Waals surface area contributed by atoms with Gasteiger partial charge in [-0.25, -0.2) is 4.79 Å². The first-order valence-electron chi connectivity index (χ1n) is 3.58. The molecule has 1 heterocycles. The van der Waals surface area contributed by atoms with E-state index < -0.39 is 5.97 Å². The molecular formula is C8H6N2O2S. The predicted molar refractivity (Wildman–Crippen MR) is 49.2 cm³/mol. The van der Waals surface area contributed by atoms with Crippen molar-refractivity contribution in [2.45, 2.75) is 0 Å². The SMILES string of the molecule is NOC(=O)c1nsc2ccccc12. The molecule has 0 aliphatic carbocycles. The van der Waals surface area contributed by atoms with Crippen molar-refractivity contribution >= 4 is 27.6 Å². The summed E-state index contributed by atoms with van der Waals surface area (Å²) < 4.78 is 4.90. The van der Waals surface area contributed by atoms with Gasteiger partial charge in [0.1, 0.15) is 0 Å². The van der Waals surface area contributed by atoms with Crippen LogP contribution in [0.5, 0.6) is 0 Å². The Hall–Kier alpha value is -1.46. The maximum absolute atomic E-state index is 11.1. The number of carbonyl (C=O) groups excluding carboxylic acids is 1. The molecule has 13 heavy (non-hydrogen) atoms. The van der Waals surface area contributed by atoms with Crippen molar-refractivity contribution in [1.82, 2.24) is 4.37 Å². The first kappa shape index (κ1) is 8.15. The Bertz CT molecular complexity index is 452. The van der Waals surface area contributed by atoms with E-state index in [1.165, 1.54) is 11.5 Å². The highest BCUT2D eigenvalue weighted by Crippen LogP contribution is 2.22. The summed E-state index contributed by atoms with van der Waals surface area (Å²) in [7, 11) is 0. The van der Waals surface area contributed by atoms with E-state index in [0.29, 0.717) is 0 Å². The summed E-state index contributed by atoms with van der Waals surface area (Å²) in [6.45, 7) is 0. The van der Waals surface area contributed by atoms with Crippen LogP contribution in [0.15, 0.2) is 24.3 Å². The molecule has 0 bridgehead atoms. The van der Waals surface area contributed by atoms with Gasteiger partial charge in [0.15, 0.2) is 5.69 Å². The molecule has 0 saturated heterocycles. The molecule has 0 atom stereocenters. The van der Waals surface area contributed by atoms with Crippen molar-refractivity contribution in [3.63, 3.8) is 0 Å². The molecule has 2 rings (SSSR count). The van der Waals surface area contributed by atoms with Crippen LogP contribution in [0, 0.1) is 0 Å². The fourth-order valence-electron chi connectivity index (χ4n) is 1.09. The zero-order valence-electron chi connectivity index (χ0n) is 6.56. The summed E-state index contributed by atoms with van der Waals surface area (Å²) >= 11 is 1.25. The molecule has 2 N–H and O–H groups in total. The van der Waals surface area contributed by atoms with Crippen LogP contribution < -0.4 is 5.90 Å². The number of hydrogen-bond acceptors (Lipinski definition) is 5. The summed E-state index contributed by atoms with van der Waals surface area (Å²) in [5.41, 5.74) is 0.281. The highest BCUT2D eigenvalue weighted by Gasteiger charge is 2.13. The molecular weight excluding hydrogens is 188 g/mol. The second-order valence-electron chi connectivity index (χ2n) is 2.43. The Morgan fingerprint density at radius 1 is 1.46 bits per heavy atom. The molecule has 0 radical (unpaired) electrons. The zero-order valence-corrected chi connectivity index (χ0v) is 7.38. The van der Waals surface area contributed by atoms with Crippen molar-refractivity contribution < 1.29 is 9.63 Å². The van der Waals surface area contributed by atoms with Gasteiger partial charge in [0.2, 0.25) is 0 Å². The number of carbonyl (C=O) groups is 1. The average Bonchev–Trinajstić information content (AvgIpc) is 2.60. The van der Waals surface area contributed by atoms with Crippen molar-refractivity contribution in [3.05, 3.63) is 30.0 Å². The van der Waals surface area contributed by atoms with Gasteiger partial charge < -0.3 is 4.84 Å².